The summed E-state index contributed by atoms with van der Waals surface area (Å²) < 4.78 is 6.41. The standard InChI is InChI=1S/C54H39N3O/c1-5-17-36(18-6-1)47-35-48(37-19-7-2-8-20-37)56-52(55-47)40-24-15-23-39(33-40)43-28-16-30-46-51(43)44-27-13-14-29-45(44)54(46,41-25-11-4-12-26-41)42-31-32-50-49(34-42)57-53(58-50)38-21-9-3-10-22-38/h1-9,11-21,23-30,32-35,42H,10,22,31H2/t42-,54?/m1/s1. The van der Waals surface area contributed by atoms with Crippen LogP contribution in [0, 0.1) is 5.92 Å². The highest BCUT2D eigenvalue weighted by atomic mass is 16.3. The van der Waals surface area contributed by atoms with Crippen molar-refractivity contribution in [2.24, 2.45) is 5.92 Å². The molecule has 3 aliphatic carbocycles. The third kappa shape index (κ3) is 5.63. The lowest BCUT2D eigenvalue weighted by molar-refractivity contribution is 0.471. The van der Waals surface area contributed by atoms with E-state index in [9.17, 15) is 0 Å². The topological polar surface area (TPSA) is 51.8 Å². The van der Waals surface area contributed by atoms with E-state index in [1.807, 2.05) is 12.1 Å². The lowest BCUT2D eigenvalue weighted by Gasteiger charge is -2.39. The van der Waals surface area contributed by atoms with Gasteiger partial charge in [0.25, 0.3) is 0 Å². The average molecular weight is 746 g/mol. The van der Waals surface area contributed by atoms with Crippen LogP contribution in [0.25, 0.3) is 73.9 Å². The smallest absolute Gasteiger partial charge is 0.223 e. The molecule has 4 nitrogen and oxygen atoms in total. The summed E-state index contributed by atoms with van der Waals surface area (Å²) in [5.74, 6) is 1.53. The van der Waals surface area contributed by atoms with Gasteiger partial charge in [0, 0.05) is 28.2 Å². The van der Waals surface area contributed by atoms with Crippen molar-refractivity contribution in [3.8, 4) is 56.2 Å². The largest absolute Gasteiger partial charge is 0.437 e. The Bertz CT molecular complexity index is 2980. The number of benzene rings is 6. The molecule has 4 heteroatoms. The van der Waals surface area contributed by atoms with Gasteiger partial charge in [-0.15, -0.1) is 0 Å². The Kier molecular flexibility index (Phi) is 8.29. The molecule has 3 aliphatic rings. The number of aromatic nitrogens is 3. The van der Waals surface area contributed by atoms with E-state index in [2.05, 4.69) is 182 Å². The van der Waals surface area contributed by atoms with Crippen molar-refractivity contribution in [1.29, 1.82) is 0 Å². The number of allylic oxidation sites excluding steroid dienone is 4. The van der Waals surface area contributed by atoms with Crippen LogP contribution < -0.4 is 10.8 Å². The Labute approximate surface area is 338 Å². The van der Waals surface area contributed by atoms with Crippen molar-refractivity contribution < 1.29 is 4.42 Å². The molecule has 0 spiro atoms. The monoisotopic (exact) mass is 745 g/mol. The normalized spacial score (nSPS) is 17.7. The molecule has 0 radical (unpaired) electrons. The summed E-state index contributed by atoms with van der Waals surface area (Å²) in [4.78, 5) is 15.5. The Balaban J connectivity index is 1.09. The van der Waals surface area contributed by atoms with E-state index < -0.39 is 5.41 Å². The van der Waals surface area contributed by atoms with Crippen LogP contribution in [-0.4, -0.2) is 15.0 Å². The second-order valence-electron chi connectivity index (χ2n) is 15.4. The van der Waals surface area contributed by atoms with Gasteiger partial charge in [0.1, 0.15) is 5.35 Å². The fourth-order valence-corrected chi connectivity index (χ4v) is 9.47. The molecule has 11 rings (SSSR count). The molecular weight excluding hydrogens is 707 g/mol. The van der Waals surface area contributed by atoms with Gasteiger partial charge in [-0.1, -0.05) is 170 Å². The minimum absolute atomic E-state index is 0.0927. The van der Waals surface area contributed by atoms with Gasteiger partial charge in [0.15, 0.2) is 11.2 Å². The Morgan fingerprint density at radius 1 is 0.569 bits per heavy atom. The highest BCUT2D eigenvalue weighted by molar-refractivity contribution is 5.95. The predicted molar refractivity (Wildman–Crippen MR) is 235 cm³/mol. The summed E-state index contributed by atoms with van der Waals surface area (Å²) in [5.41, 5.74) is 15.2. The number of hydrogen-bond acceptors (Lipinski definition) is 4. The molecule has 2 heterocycles. The quantitative estimate of drug-likeness (QED) is 0.163. The molecule has 0 bridgehead atoms. The summed E-state index contributed by atoms with van der Waals surface area (Å²) in [6.45, 7) is 0. The van der Waals surface area contributed by atoms with Gasteiger partial charge >= 0.3 is 0 Å². The van der Waals surface area contributed by atoms with Crippen molar-refractivity contribution in [2.45, 2.75) is 24.7 Å². The summed E-state index contributed by atoms with van der Waals surface area (Å²) >= 11 is 0. The first-order valence-electron chi connectivity index (χ1n) is 20.2. The van der Waals surface area contributed by atoms with Crippen molar-refractivity contribution in [2.75, 3.05) is 0 Å². The van der Waals surface area contributed by atoms with E-state index >= 15 is 0 Å². The van der Waals surface area contributed by atoms with Crippen LogP contribution in [0.15, 0.2) is 186 Å². The molecule has 0 saturated carbocycles. The fraction of sp³-hybridized carbons (Fsp3) is 0.0926. The molecule has 0 amide bonds. The minimum atomic E-state index is -0.460. The highest BCUT2D eigenvalue weighted by Gasteiger charge is 2.50. The molecule has 2 aromatic heterocycles. The SMILES string of the molecule is C1=CCCC(c2nc3c(o2)=CC[C@@H](C2(c4ccccc4)c4ccccc4-c4c(-c5cccc(-c6nc(-c7ccccc7)cc(-c7ccccc7)n6)c5)cccc42)C=3)=C1. The zero-order chi connectivity index (χ0) is 38.5. The van der Waals surface area contributed by atoms with Gasteiger partial charge in [-0.05, 0) is 82.5 Å². The molecule has 58 heavy (non-hydrogen) atoms. The lowest BCUT2D eigenvalue weighted by Crippen LogP contribution is -2.39. The number of rotatable bonds is 7. The van der Waals surface area contributed by atoms with Crippen molar-refractivity contribution in [3.63, 3.8) is 0 Å². The number of nitrogens with zero attached hydrogens (tertiary/aromatic N) is 3. The maximum Gasteiger partial charge on any atom is 0.223 e. The number of hydrogen-bond donors (Lipinski definition) is 0. The van der Waals surface area contributed by atoms with Crippen LogP contribution in [0.4, 0.5) is 0 Å². The van der Waals surface area contributed by atoms with E-state index in [0.717, 1.165) is 75.1 Å². The minimum Gasteiger partial charge on any atom is -0.437 e. The first-order chi connectivity index (χ1) is 28.7. The fourth-order valence-electron chi connectivity index (χ4n) is 9.47. The molecule has 0 N–H and O–H groups in total. The zero-order valence-corrected chi connectivity index (χ0v) is 31.9. The Morgan fingerprint density at radius 3 is 1.95 bits per heavy atom. The summed E-state index contributed by atoms with van der Waals surface area (Å²) in [5, 5.41) is 0.930. The van der Waals surface area contributed by atoms with Crippen LogP contribution in [0.3, 0.4) is 0 Å². The summed E-state index contributed by atoms with van der Waals surface area (Å²) in [6, 6.07) is 58.5. The zero-order valence-electron chi connectivity index (χ0n) is 31.9. The summed E-state index contributed by atoms with van der Waals surface area (Å²) in [7, 11) is 0. The predicted octanol–water partition coefficient (Wildman–Crippen LogP) is 11.5. The first-order valence-corrected chi connectivity index (χ1v) is 20.2. The van der Waals surface area contributed by atoms with Crippen molar-refractivity contribution >= 4 is 17.7 Å². The van der Waals surface area contributed by atoms with Gasteiger partial charge in [-0.3, -0.25) is 0 Å². The summed E-state index contributed by atoms with van der Waals surface area (Å²) in [6.07, 6.45) is 13.9. The van der Waals surface area contributed by atoms with E-state index in [0.29, 0.717) is 5.82 Å². The Morgan fingerprint density at radius 2 is 1.21 bits per heavy atom. The van der Waals surface area contributed by atoms with Gasteiger partial charge in [-0.2, -0.15) is 0 Å². The molecule has 8 aromatic rings. The number of oxazole rings is 1. The molecule has 0 aliphatic heterocycles. The van der Waals surface area contributed by atoms with Crippen LogP contribution in [0.5, 0.6) is 0 Å². The third-order valence-corrected chi connectivity index (χ3v) is 12.1. The van der Waals surface area contributed by atoms with Crippen molar-refractivity contribution in [3.05, 3.63) is 215 Å². The van der Waals surface area contributed by atoms with E-state index in [1.165, 1.54) is 33.4 Å². The van der Waals surface area contributed by atoms with Gasteiger partial charge in [0.05, 0.1) is 16.8 Å². The van der Waals surface area contributed by atoms with Gasteiger partial charge in [0.2, 0.25) is 5.89 Å². The van der Waals surface area contributed by atoms with E-state index in [1.54, 1.807) is 0 Å². The molecule has 2 atom stereocenters. The van der Waals surface area contributed by atoms with Gasteiger partial charge in [-0.25, -0.2) is 15.0 Å². The van der Waals surface area contributed by atoms with Crippen LogP contribution >= 0.6 is 0 Å². The lowest BCUT2D eigenvalue weighted by atomic mass is 9.62. The molecule has 276 valence electrons. The maximum atomic E-state index is 6.41. The van der Waals surface area contributed by atoms with Gasteiger partial charge < -0.3 is 4.42 Å². The Hall–Kier alpha value is -7.17. The third-order valence-electron chi connectivity index (χ3n) is 12.1. The number of fused-ring (bicyclic) bond motifs is 4. The average Bonchev–Trinajstić information content (AvgIpc) is 3.88. The second kappa shape index (κ2) is 14.1. The first kappa shape index (κ1) is 34.1. The second-order valence-corrected chi connectivity index (χ2v) is 15.4. The maximum absolute atomic E-state index is 6.41. The molecular formula is C54H39N3O. The van der Waals surface area contributed by atoms with Crippen LogP contribution in [0.1, 0.15) is 41.8 Å². The molecule has 0 saturated heterocycles. The van der Waals surface area contributed by atoms with E-state index in [-0.39, 0.29) is 5.92 Å². The molecule has 6 aromatic carbocycles. The molecule has 0 fully saturated rings. The van der Waals surface area contributed by atoms with Crippen LogP contribution in [-0.2, 0) is 5.41 Å². The molecule has 1 unspecified atom stereocenters. The van der Waals surface area contributed by atoms with Crippen molar-refractivity contribution in [1.82, 2.24) is 15.0 Å². The van der Waals surface area contributed by atoms with E-state index in [4.69, 9.17) is 19.4 Å². The van der Waals surface area contributed by atoms with Crippen LogP contribution in [0.2, 0.25) is 0 Å². The highest BCUT2D eigenvalue weighted by Crippen LogP contribution is 2.59.